The highest BCUT2D eigenvalue weighted by atomic mass is 32.2. The van der Waals surface area contributed by atoms with Gasteiger partial charge >= 0.3 is 0 Å². The zero-order valence-corrected chi connectivity index (χ0v) is 10.2. The minimum absolute atomic E-state index is 0.518. The van der Waals surface area contributed by atoms with Gasteiger partial charge < -0.3 is 11.1 Å². The average molecular weight is 238 g/mol. The molecule has 1 atom stereocenters. The van der Waals surface area contributed by atoms with Gasteiger partial charge in [0.1, 0.15) is 5.82 Å². The molecule has 1 saturated heterocycles. The van der Waals surface area contributed by atoms with E-state index in [0.29, 0.717) is 6.04 Å². The van der Waals surface area contributed by atoms with Crippen molar-refractivity contribution in [2.24, 2.45) is 0 Å². The predicted molar refractivity (Wildman–Crippen MR) is 67.6 cm³/mol. The average Bonchev–Trinajstić information content (AvgIpc) is 2.69. The number of aromatic nitrogens is 2. The highest BCUT2D eigenvalue weighted by molar-refractivity contribution is 7.99. The molecule has 0 spiro atoms. The first-order valence-electron chi connectivity index (χ1n) is 6.00. The summed E-state index contributed by atoms with van der Waals surface area (Å²) in [6.45, 7) is 1.91. The predicted octanol–water partition coefficient (Wildman–Crippen LogP) is 1.18. The Balaban J connectivity index is 1.91. The smallest absolute Gasteiger partial charge is 0.125 e. The Bertz CT molecular complexity index is 382. The second kappa shape index (κ2) is 4.30. The number of thioether (sulfide) groups is 1. The highest BCUT2D eigenvalue weighted by Crippen LogP contribution is 2.31. The van der Waals surface area contributed by atoms with Gasteiger partial charge in [0, 0.05) is 17.9 Å². The monoisotopic (exact) mass is 238 g/mol. The summed E-state index contributed by atoms with van der Waals surface area (Å²) in [6.07, 6.45) is 3.55. The molecular formula is C11H18N4S. The van der Waals surface area contributed by atoms with Crippen LogP contribution in [0.3, 0.4) is 0 Å². The van der Waals surface area contributed by atoms with Crippen molar-refractivity contribution in [3.63, 3.8) is 0 Å². The van der Waals surface area contributed by atoms with Gasteiger partial charge in [0.2, 0.25) is 0 Å². The van der Waals surface area contributed by atoms with E-state index in [9.17, 15) is 0 Å². The van der Waals surface area contributed by atoms with E-state index in [0.717, 1.165) is 31.1 Å². The fourth-order valence-electron chi connectivity index (χ4n) is 2.56. The summed E-state index contributed by atoms with van der Waals surface area (Å²) >= 11 is 2.02. The van der Waals surface area contributed by atoms with Crippen molar-refractivity contribution >= 4 is 17.6 Å². The van der Waals surface area contributed by atoms with Crippen LogP contribution in [0.2, 0.25) is 0 Å². The Hall–Kier alpha value is -0.680. The van der Waals surface area contributed by atoms with Gasteiger partial charge in [-0.25, -0.2) is 4.68 Å². The number of anilines is 1. The molecule has 0 radical (unpaired) electrons. The summed E-state index contributed by atoms with van der Waals surface area (Å²) in [5, 5.41) is 8.04. The lowest BCUT2D eigenvalue weighted by atomic mass is 10.1. The zero-order valence-electron chi connectivity index (χ0n) is 9.41. The van der Waals surface area contributed by atoms with E-state index < -0.39 is 0 Å². The molecule has 1 aromatic rings. The maximum absolute atomic E-state index is 6.22. The molecule has 5 heteroatoms. The lowest BCUT2D eigenvalue weighted by molar-refractivity contribution is 0.456. The molecule has 0 saturated carbocycles. The third-order valence-electron chi connectivity index (χ3n) is 3.46. The summed E-state index contributed by atoms with van der Waals surface area (Å²) in [5.74, 6) is 3.38. The molecule has 88 valence electrons. The fraction of sp³-hybridized carbons (Fsp3) is 0.727. The van der Waals surface area contributed by atoms with Crippen molar-refractivity contribution in [3.8, 4) is 0 Å². The third-order valence-corrected chi connectivity index (χ3v) is 4.66. The Morgan fingerprint density at radius 2 is 2.44 bits per heavy atom. The molecule has 1 fully saturated rings. The molecule has 1 unspecified atom stereocenters. The van der Waals surface area contributed by atoms with Gasteiger partial charge in [-0.3, -0.25) is 0 Å². The SMILES string of the molecule is Nc1c2c(nn1C1CCCSC1)CNCC2. The van der Waals surface area contributed by atoms with E-state index >= 15 is 0 Å². The number of nitrogens with two attached hydrogens (primary N) is 1. The molecule has 3 rings (SSSR count). The minimum atomic E-state index is 0.518. The largest absolute Gasteiger partial charge is 0.384 e. The number of fused-ring (bicyclic) bond motifs is 1. The second-order valence-electron chi connectivity index (χ2n) is 4.55. The molecule has 2 aliphatic rings. The summed E-state index contributed by atoms with van der Waals surface area (Å²) < 4.78 is 2.09. The van der Waals surface area contributed by atoms with Crippen LogP contribution >= 0.6 is 11.8 Å². The number of hydrogen-bond acceptors (Lipinski definition) is 4. The first-order chi connectivity index (χ1) is 7.86. The normalized spacial score (nSPS) is 25.4. The van der Waals surface area contributed by atoms with Crippen LogP contribution in [-0.4, -0.2) is 27.8 Å². The van der Waals surface area contributed by atoms with Gasteiger partial charge in [-0.05, 0) is 31.6 Å². The van der Waals surface area contributed by atoms with Crippen LogP contribution in [0.15, 0.2) is 0 Å². The van der Waals surface area contributed by atoms with Gasteiger partial charge in [0.25, 0.3) is 0 Å². The van der Waals surface area contributed by atoms with Gasteiger partial charge in [0.05, 0.1) is 11.7 Å². The third kappa shape index (κ3) is 1.72. The number of nitrogens with one attached hydrogen (secondary N) is 1. The van der Waals surface area contributed by atoms with Crippen molar-refractivity contribution < 1.29 is 0 Å². The summed E-state index contributed by atoms with van der Waals surface area (Å²) in [7, 11) is 0. The van der Waals surface area contributed by atoms with E-state index in [4.69, 9.17) is 5.73 Å². The van der Waals surface area contributed by atoms with E-state index in [-0.39, 0.29) is 0 Å². The van der Waals surface area contributed by atoms with E-state index in [1.165, 1.54) is 29.9 Å². The molecular weight excluding hydrogens is 220 g/mol. The van der Waals surface area contributed by atoms with Crippen LogP contribution in [0.1, 0.15) is 30.1 Å². The number of nitrogens with zero attached hydrogens (tertiary/aromatic N) is 2. The first-order valence-corrected chi connectivity index (χ1v) is 7.16. The van der Waals surface area contributed by atoms with Gasteiger partial charge in [-0.1, -0.05) is 0 Å². The quantitative estimate of drug-likeness (QED) is 0.771. The summed E-state index contributed by atoms with van der Waals surface area (Å²) in [6, 6.07) is 0.518. The van der Waals surface area contributed by atoms with Gasteiger partial charge in [-0.15, -0.1) is 0 Å². The van der Waals surface area contributed by atoms with E-state index in [2.05, 4.69) is 15.1 Å². The standard InChI is InChI=1S/C11H18N4S/c12-11-9-3-4-13-6-10(9)14-15(11)8-2-1-5-16-7-8/h8,13H,1-7,12H2. The van der Waals surface area contributed by atoms with Crippen LogP contribution in [0.25, 0.3) is 0 Å². The zero-order chi connectivity index (χ0) is 11.0. The molecule has 4 nitrogen and oxygen atoms in total. The molecule has 2 aliphatic heterocycles. The summed E-state index contributed by atoms with van der Waals surface area (Å²) in [5.41, 5.74) is 8.67. The van der Waals surface area contributed by atoms with E-state index in [1.807, 2.05) is 11.8 Å². The molecule has 3 N–H and O–H groups in total. The molecule has 0 aliphatic carbocycles. The highest BCUT2D eigenvalue weighted by Gasteiger charge is 2.24. The number of rotatable bonds is 1. The Kier molecular flexibility index (Phi) is 2.81. The Labute approximate surface area is 100.0 Å². The van der Waals surface area contributed by atoms with Gasteiger partial charge in [-0.2, -0.15) is 16.9 Å². The van der Waals surface area contributed by atoms with Gasteiger partial charge in [0.15, 0.2) is 0 Å². The van der Waals surface area contributed by atoms with Crippen LogP contribution in [-0.2, 0) is 13.0 Å². The molecule has 3 heterocycles. The topological polar surface area (TPSA) is 55.9 Å². The fourth-order valence-corrected chi connectivity index (χ4v) is 3.68. The van der Waals surface area contributed by atoms with Crippen LogP contribution < -0.4 is 11.1 Å². The summed E-state index contributed by atoms with van der Waals surface area (Å²) in [4.78, 5) is 0. The van der Waals surface area contributed by atoms with Crippen molar-refractivity contribution in [1.29, 1.82) is 0 Å². The second-order valence-corrected chi connectivity index (χ2v) is 5.70. The van der Waals surface area contributed by atoms with Crippen molar-refractivity contribution in [3.05, 3.63) is 11.3 Å². The molecule has 0 bridgehead atoms. The molecule has 0 aromatic carbocycles. The van der Waals surface area contributed by atoms with E-state index in [1.54, 1.807) is 0 Å². The Morgan fingerprint density at radius 1 is 1.50 bits per heavy atom. The van der Waals surface area contributed by atoms with Crippen molar-refractivity contribution in [2.75, 3.05) is 23.8 Å². The first kappa shape index (κ1) is 10.5. The Morgan fingerprint density at radius 3 is 3.19 bits per heavy atom. The molecule has 16 heavy (non-hydrogen) atoms. The lowest BCUT2D eigenvalue weighted by Crippen LogP contribution is -2.23. The maximum Gasteiger partial charge on any atom is 0.125 e. The molecule has 1 aromatic heterocycles. The lowest BCUT2D eigenvalue weighted by Gasteiger charge is -2.22. The van der Waals surface area contributed by atoms with Crippen molar-refractivity contribution in [1.82, 2.24) is 15.1 Å². The minimum Gasteiger partial charge on any atom is -0.384 e. The van der Waals surface area contributed by atoms with Crippen LogP contribution in [0.5, 0.6) is 0 Å². The molecule has 0 amide bonds. The number of hydrogen-bond donors (Lipinski definition) is 2. The maximum atomic E-state index is 6.22. The van der Waals surface area contributed by atoms with Crippen molar-refractivity contribution in [2.45, 2.75) is 31.8 Å². The van der Waals surface area contributed by atoms with Crippen LogP contribution in [0.4, 0.5) is 5.82 Å². The number of nitrogen functional groups attached to an aromatic ring is 1. The van der Waals surface area contributed by atoms with Crippen LogP contribution in [0, 0.1) is 0 Å².